The Labute approximate surface area is 192 Å². The van der Waals surface area contributed by atoms with E-state index in [1.54, 1.807) is 37.3 Å². The number of nitro groups is 1. The number of hydrogen-bond acceptors (Lipinski definition) is 5. The lowest BCUT2D eigenvalue weighted by molar-refractivity contribution is -0.384. The van der Waals surface area contributed by atoms with Gasteiger partial charge in [-0.3, -0.25) is 10.1 Å². The molecular formula is C26H24NO5P. The number of nitro benzene ring substituents is 1. The third-order valence-electron chi connectivity index (χ3n) is 5.53. The van der Waals surface area contributed by atoms with E-state index in [0.717, 1.165) is 10.9 Å². The minimum absolute atomic E-state index is 0.0417. The van der Waals surface area contributed by atoms with Crippen molar-refractivity contribution in [2.75, 3.05) is 0 Å². The average molecular weight is 461 g/mol. The fourth-order valence-corrected chi connectivity index (χ4v) is 4.58. The molecule has 0 saturated carbocycles. The van der Waals surface area contributed by atoms with Crippen LogP contribution in [0, 0.1) is 17.0 Å². The van der Waals surface area contributed by atoms with E-state index >= 15 is 0 Å². The first-order valence-electron chi connectivity index (χ1n) is 10.6. The molecule has 0 radical (unpaired) electrons. The molecule has 1 unspecified atom stereocenters. The molecule has 4 rings (SSSR count). The van der Waals surface area contributed by atoms with Crippen LogP contribution in [0.2, 0.25) is 0 Å². The topological polar surface area (TPSA) is 78.7 Å². The predicted octanol–water partition coefficient (Wildman–Crippen LogP) is 7.69. The molecule has 33 heavy (non-hydrogen) atoms. The SMILES string of the molecule is Cc1cccc([N+](=O)[O-])c1-c1ccc2ccccc2c1O[PH](=O)Oc1ccc(C(C)C)cc1. The Morgan fingerprint density at radius 2 is 1.61 bits per heavy atom. The van der Waals surface area contributed by atoms with Crippen molar-refractivity contribution < 1.29 is 18.5 Å². The summed E-state index contributed by atoms with van der Waals surface area (Å²) < 4.78 is 24.4. The molecule has 0 amide bonds. The van der Waals surface area contributed by atoms with E-state index < -0.39 is 13.2 Å². The third-order valence-corrected chi connectivity index (χ3v) is 6.30. The second-order valence-corrected chi connectivity index (χ2v) is 8.98. The number of aryl methyl sites for hydroxylation is 1. The highest BCUT2D eigenvalue weighted by atomic mass is 31.1. The molecule has 0 aromatic heterocycles. The summed E-state index contributed by atoms with van der Waals surface area (Å²) in [5, 5.41) is 13.3. The van der Waals surface area contributed by atoms with Gasteiger partial charge in [0.25, 0.3) is 5.69 Å². The van der Waals surface area contributed by atoms with Gasteiger partial charge in [0.05, 0.1) is 10.5 Å². The lowest BCUT2D eigenvalue weighted by atomic mass is 9.95. The first kappa shape index (κ1) is 22.6. The summed E-state index contributed by atoms with van der Waals surface area (Å²) in [5.41, 5.74) is 2.75. The lowest BCUT2D eigenvalue weighted by Gasteiger charge is -2.16. The minimum Gasteiger partial charge on any atom is -0.418 e. The van der Waals surface area contributed by atoms with Crippen molar-refractivity contribution in [1.29, 1.82) is 0 Å². The largest absolute Gasteiger partial charge is 0.419 e. The Balaban J connectivity index is 1.77. The molecule has 0 spiro atoms. The van der Waals surface area contributed by atoms with Crippen LogP contribution >= 0.6 is 8.25 Å². The molecule has 0 aliphatic heterocycles. The maximum atomic E-state index is 12.9. The summed E-state index contributed by atoms with van der Waals surface area (Å²) in [5.74, 6) is 1.11. The van der Waals surface area contributed by atoms with E-state index in [0.29, 0.717) is 39.5 Å². The van der Waals surface area contributed by atoms with Crippen LogP contribution in [0.1, 0.15) is 30.9 Å². The quantitative estimate of drug-likeness (QED) is 0.160. The van der Waals surface area contributed by atoms with Crippen molar-refractivity contribution in [3.63, 3.8) is 0 Å². The molecule has 0 saturated heterocycles. The number of nitrogens with zero attached hydrogens (tertiary/aromatic N) is 1. The van der Waals surface area contributed by atoms with Crippen LogP contribution in [0.3, 0.4) is 0 Å². The highest BCUT2D eigenvalue weighted by Crippen LogP contribution is 2.45. The Bertz CT molecular complexity index is 1350. The van der Waals surface area contributed by atoms with Crippen LogP contribution < -0.4 is 9.05 Å². The van der Waals surface area contributed by atoms with E-state index in [1.165, 1.54) is 6.07 Å². The Kier molecular flexibility index (Phi) is 6.47. The molecule has 4 aromatic rings. The first-order chi connectivity index (χ1) is 15.8. The molecule has 0 N–H and O–H groups in total. The van der Waals surface area contributed by atoms with Gasteiger partial charge in [-0.05, 0) is 47.6 Å². The van der Waals surface area contributed by atoms with Gasteiger partial charge in [0.1, 0.15) is 11.5 Å². The molecule has 4 aromatic carbocycles. The van der Waals surface area contributed by atoms with Gasteiger partial charge in [0.2, 0.25) is 0 Å². The average Bonchev–Trinajstić information content (AvgIpc) is 2.79. The normalized spacial score (nSPS) is 12.0. The van der Waals surface area contributed by atoms with Crippen molar-refractivity contribution in [1.82, 2.24) is 0 Å². The third kappa shape index (κ3) is 4.76. The van der Waals surface area contributed by atoms with Crippen LogP contribution in [-0.2, 0) is 4.57 Å². The van der Waals surface area contributed by atoms with Crippen LogP contribution in [0.25, 0.3) is 21.9 Å². The zero-order valence-corrected chi connectivity index (χ0v) is 19.6. The van der Waals surface area contributed by atoms with Crippen molar-refractivity contribution in [2.24, 2.45) is 0 Å². The number of benzene rings is 4. The fraction of sp³-hybridized carbons (Fsp3) is 0.154. The van der Waals surface area contributed by atoms with Crippen molar-refractivity contribution >= 4 is 24.7 Å². The van der Waals surface area contributed by atoms with E-state index in [-0.39, 0.29) is 5.69 Å². The van der Waals surface area contributed by atoms with E-state index in [4.69, 9.17) is 9.05 Å². The van der Waals surface area contributed by atoms with Gasteiger partial charge < -0.3 is 9.05 Å². The van der Waals surface area contributed by atoms with E-state index in [2.05, 4.69) is 13.8 Å². The number of hydrogen-bond donors (Lipinski definition) is 0. The Hall–Kier alpha value is -3.63. The van der Waals surface area contributed by atoms with Crippen molar-refractivity contribution in [2.45, 2.75) is 26.7 Å². The number of fused-ring (bicyclic) bond motifs is 1. The monoisotopic (exact) mass is 461 g/mol. The zero-order chi connectivity index (χ0) is 23.5. The van der Waals surface area contributed by atoms with Gasteiger partial charge in [-0.15, -0.1) is 0 Å². The molecular weight excluding hydrogens is 437 g/mol. The molecule has 0 bridgehead atoms. The standard InChI is InChI=1S/C26H24NO5P/c1-17(2)19-11-14-21(15-12-19)31-33(30)32-26-22-9-5-4-8-20(22)13-16-23(26)25-18(3)7-6-10-24(25)27(28)29/h4-17,33H,1-3H3. The summed E-state index contributed by atoms with van der Waals surface area (Å²) >= 11 is 0. The van der Waals surface area contributed by atoms with Crippen LogP contribution in [0.4, 0.5) is 5.69 Å². The van der Waals surface area contributed by atoms with Crippen LogP contribution in [0.15, 0.2) is 78.9 Å². The maximum absolute atomic E-state index is 12.9. The van der Waals surface area contributed by atoms with Gasteiger partial charge in [-0.25, -0.2) is 4.57 Å². The molecule has 7 heteroatoms. The van der Waals surface area contributed by atoms with Gasteiger partial charge in [-0.2, -0.15) is 0 Å². The highest BCUT2D eigenvalue weighted by molar-refractivity contribution is 7.34. The first-order valence-corrected chi connectivity index (χ1v) is 11.8. The van der Waals surface area contributed by atoms with Gasteiger partial charge in [0, 0.05) is 17.0 Å². The van der Waals surface area contributed by atoms with Gasteiger partial charge in [0.15, 0.2) is 0 Å². The summed E-state index contributed by atoms with van der Waals surface area (Å²) in [4.78, 5) is 11.3. The Morgan fingerprint density at radius 1 is 0.879 bits per heavy atom. The van der Waals surface area contributed by atoms with Crippen LogP contribution in [0.5, 0.6) is 11.5 Å². The smallest absolute Gasteiger partial charge is 0.418 e. The van der Waals surface area contributed by atoms with Gasteiger partial charge >= 0.3 is 8.25 Å². The summed E-state index contributed by atoms with van der Waals surface area (Å²) in [6.45, 7) is 5.99. The van der Waals surface area contributed by atoms with E-state index in [9.17, 15) is 14.7 Å². The predicted molar refractivity (Wildman–Crippen MR) is 132 cm³/mol. The summed E-state index contributed by atoms with van der Waals surface area (Å²) in [6.07, 6.45) is 0. The highest BCUT2D eigenvalue weighted by Gasteiger charge is 2.23. The zero-order valence-electron chi connectivity index (χ0n) is 18.6. The fourth-order valence-electron chi connectivity index (χ4n) is 3.83. The minimum atomic E-state index is -3.01. The molecule has 168 valence electrons. The van der Waals surface area contributed by atoms with E-state index in [1.807, 2.05) is 42.5 Å². The lowest BCUT2D eigenvalue weighted by Crippen LogP contribution is -1.98. The second-order valence-electron chi connectivity index (χ2n) is 8.07. The maximum Gasteiger partial charge on any atom is 0.419 e. The summed E-state index contributed by atoms with van der Waals surface area (Å²) in [7, 11) is -3.01. The molecule has 6 nitrogen and oxygen atoms in total. The molecule has 0 aliphatic rings. The van der Waals surface area contributed by atoms with Crippen molar-refractivity contribution in [3.8, 4) is 22.6 Å². The second kappa shape index (κ2) is 9.47. The number of rotatable bonds is 7. The van der Waals surface area contributed by atoms with Crippen molar-refractivity contribution in [3.05, 3.63) is 100 Å². The van der Waals surface area contributed by atoms with Gasteiger partial charge in [-0.1, -0.05) is 68.4 Å². The molecule has 0 heterocycles. The molecule has 0 fully saturated rings. The molecule has 1 atom stereocenters. The Morgan fingerprint density at radius 3 is 2.30 bits per heavy atom. The van der Waals surface area contributed by atoms with Crippen LogP contribution in [-0.4, -0.2) is 4.92 Å². The molecule has 0 aliphatic carbocycles. The summed E-state index contributed by atoms with van der Waals surface area (Å²) in [6, 6.07) is 23.4.